The third-order valence-corrected chi connectivity index (χ3v) is 5.62. The smallest absolute Gasteiger partial charge is 0.326 e. The maximum Gasteiger partial charge on any atom is 0.326 e. The molecular formula is C21H25NO4S. The van der Waals surface area contributed by atoms with E-state index in [2.05, 4.69) is 26.1 Å². The molecule has 0 fully saturated rings. The second-order valence-corrected chi connectivity index (χ2v) is 8.91. The van der Waals surface area contributed by atoms with Crippen LogP contribution in [0.3, 0.4) is 0 Å². The Kier molecular flexibility index (Phi) is 6.91. The maximum absolute atomic E-state index is 12.4. The minimum atomic E-state index is -1.31. The number of carboxylic acids is 1. The summed E-state index contributed by atoms with van der Waals surface area (Å²) in [6.07, 6.45) is 0.0860. The first-order valence-corrected chi connectivity index (χ1v) is 10.1. The van der Waals surface area contributed by atoms with E-state index in [1.165, 1.54) is 0 Å². The lowest BCUT2D eigenvalue weighted by molar-refractivity contribution is -0.139. The van der Waals surface area contributed by atoms with Crippen LogP contribution < -0.4 is 5.32 Å². The summed E-state index contributed by atoms with van der Waals surface area (Å²) in [5.74, 6) is -1.43. The summed E-state index contributed by atoms with van der Waals surface area (Å²) in [5, 5.41) is 11.9. The number of amides is 1. The van der Waals surface area contributed by atoms with Gasteiger partial charge in [-0.05, 0) is 41.7 Å². The van der Waals surface area contributed by atoms with Crippen molar-refractivity contribution in [3.63, 3.8) is 0 Å². The van der Waals surface area contributed by atoms with Crippen molar-refractivity contribution in [2.45, 2.75) is 43.5 Å². The lowest BCUT2D eigenvalue weighted by Gasteiger charge is -2.19. The van der Waals surface area contributed by atoms with E-state index in [0.29, 0.717) is 10.5 Å². The monoisotopic (exact) mass is 387 g/mol. The van der Waals surface area contributed by atoms with Gasteiger partial charge in [0.15, 0.2) is 0 Å². The lowest BCUT2D eigenvalue weighted by atomic mass is 9.86. The number of benzene rings is 2. The minimum absolute atomic E-state index is 0.0277. The molecule has 5 nitrogen and oxygen atoms in total. The Morgan fingerprint density at radius 1 is 1.04 bits per heavy atom. The van der Waals surface area contributed by atoms with Gasteiger partial charge in [0.05, 0.1) is 10.8 Å². The highest BCUT2D eigenvalue weighted by Crippen LogP contribution is 2.22. The molecule has 0 spiro atoms. The molecule has 0 bridgehead atoms. The van der Waals surface area contributed by atoms with E-state index in [1.807, 2.05) is 18.2 Å². The van der Waals surface area contributed by atoms with Crippen LogP contribution in [0.4, 0.5) is 0 Å². The molecule has 0 heterocycles. The second-order valence-electron chi connectivity index (χ2n) is 7.34. The molecule has 2 N–H and O–H groups in total. The molecule has 2 atom stereocenters. The van der Waals surface area contributed by atoms with Crippen molar-refractivity contribution >= 4 is 22.7 Å². The number of aliphatic carboxylic acids is 1. The molecule has 0 aliphatic rings. The Hall–Kier alpha value is -2.47. The normalized spacial score (nSPS) is 13.6. The molecule has 27 heavy (non-hydrogen) atoms. The standard InChI is InChI=1S/C21H25NO4S/c1-21(2,3)16-11-9-15(10-12-16)19(23)22-18(20(24)25)13-14-27(26)17-7-5-4-6-8-17/h4-12,18H,13-14H2,1-3H3,(H,22,23)(H,24,25)/t18-,27+/m0/s1. The van der Waals surface area contributed by atoms with Gasteiger partial charge in [-0.1, -0.05) is 51.1 Å². The first kappa shape index (κ1) is 20.8. The van der Waals surface area contributed by atoms with E-state index >= 15 is 0 Å². The Balaban J connectivity index is 2.00. The van der Waals surface area contributed by atoms with E-state index in [4.69, 9.17) is 0 Å². The molecule has 0 saturated carbocycles. The van der Waals surface area contributed by atoms with Gasteiger partial charge in [0.2, 0.25) is 0 Å². The van der Waals surface area contributed by atoms with Gasteiger partial charge in [0.25, 0.3) is 5.91 Å². The Morgan fingerprint density at radius 3 is 2.15 bits per heavy atom. The molecule has 0 aromatic heterocycles. The van der Waals surface area contributed by atoms with E-state index in [0.717, 1.165) is 5.56 Å². The second kappa shape index (κ2) is 8.95. The zero-order valence-electron chi connectivity index (χ0n) is 15.8. The van der Waals surface area contributed by atoms with Gasteiger partial charge >= 0.3 is 5.97 Å². The van der Waals surface area contributed by atoms with Gasteiger partial charge < -0.3 is 10.4 Å². The van der Waals surface area contributed by atoms with Gasteiger partial charge in [-0.3, -0.25) is 9.00 Å². The Labute approximate surface area is 162 Å². The van der Waals surface area contributed by atoms with E-state index in [-0.39, 0.29) is 17.6 Å². The number of hydrogen-bond acceptors (Lipinski definition) is 3. The highest BCUT2D eigenvalue weighted by molar-refractivity contribution is 7.85. The van der Waals surface area contributed by atoms with Crippen molar-refractivity contribution in [2.24, 2.45) is 0 Å². The van der Waals surface area contributed by atoms with E-state index in [1.54, 1.807) is 36.4 Å². The van der Waals surface area contributed by atoms with E-state index < -0.39 is 28.7 Å². The molecular weight excluding hydrogens is 362 g/mol. The average Bonchev–Trinajstić information content (AvgIpc) is 2.64. The summed E-state index contributed by atoms with van der Waals surface area (Å²) in [5.41, 5.74) is 1.46. The third kappa shape index (κ3) is 6.03. The minimum Gasteiger partial charge on any atom is -0.480 e. The van der Waals surface area contributed by atoms with Gasteiger partial charge in [0, 0.05) is 16.2 Å². The Bertz CT molecular complexity index is 810. The fourth-order valence-electron chi connectivity index (χ4n) is 2.54. The average molecular weight is 388 g/mol. The van der Waals surface area contributed by atoms with Crippen molar-refractivity contribution in [3.8, 4) is 0 Å². The molecule has 0 aliphatic heterocycles. The molecule has 2 aromatic rings. The largest absolute Gasteiger partial charge is 0.480 e. The molecule has 6 heteroatoms. The first-order valence-electron chi connectivity index (χ1n) is 8.76. The molecule has 1 amide bonds. The highest BCUT2D eigenvalue weighted by Gasteiger charge is 2.22. The number of hydrogen-bond donors (Lipinski definition) is 2. The lowest BCUT2D eigenvalue weighted by Crippen LogP contribution is -2.41. The van der Waals surface area contributed by atoms with Gasteiger partial charge in [-0.15, -0.1) is 0 Å². The summed E-state index contributed by atoms with van der Waals surface area (Å²) in [7, 11) is -1.31. The zero-order valence-corrected chi connectivity index (χ0v) is 16.6. The van der Waals surface area contributed by atoms with Crippen LogP contribution in [0, 0.1) is 0 Å². The summed E-state index contributed by atoms with van der Waals surface area (Å²) in [4.78, 5) is 24.5. The van der Waals surface area contributed by atoms with Crippen LogP contribution in [-0.4, -0.2) is 33.0 Å². The number of carbonyl (C=O) groups excluding carboxylic acids is 1. The van der Waals surface area contributed by atoms with Crippen molar-refractivity contribution < 1.29 is 18.9 Å². The van der Waals surface area contributed by atoms with Gasteiger partial charge in [-0.2, -0.15) is 0 Å². The van der Waals surface area contributed by atoms with Crippen LogP contribution >= 0.6 is 0 Å². The number of nitrogens with one attached hydrogen (secondary N) is 1. The molecule has 0 saturated heterocycles. The molecule has 2 rings (SSSR count). The quantitative estimate of drug-likeness (QED) is 0.763. The first-order chi connectivity index (χ1) is 12.7. The molecule has 144 valence electrons. The molecule has 0 radical (unpaired) electrons. The fraction of sp³-hybridized carbons (Fsp3) is 0.333. The number of carbonyl (C=O) groups is 2. The van der Waals surface area contributed by atoms with Crippen LogP contribution in [0.2, 0.25) is 0 Å². The summed E-state index contributed by atoms with van der Waals surface area (Å²) in [6.45, 7) is 6.24. The van der Waals surface area contributed by atoms with Crippen LogP contribution in [-0.2, 0) is 21.0 Å². The molecule has 0 unspecified atom stereocenters. The van der Waals surface area contributed by atoms with Crippen molar-refractivity contribution in [1.29, 1.82) is 0 Å². The van der Waals surface area contributed by atoms with Gasteiger partial charge in [0.1, 0.15) is 6.04 Å². The van der Waals surface area contributed by atoms with Crippen LogP contribution in [0.25, 0.3) is 0 Å². The Morgan fingerprint density at radius 2 is 1.63 bits per heavy atom. The zero-order chi connectivity index (χ0) is 20.0. The predicted molar refractivity (Wildman–Crippen MR) is 106 cm³/mol. The summed E-state index contributed by atoms with van der Waals surface area (Å²) < 4.78 is 12.3. The molecule has 2 aromatic carbocycles. The fourth-order valence-corrected chi connectivity index (χ4v) is 3.68. The highest BCUT2D eigenvalue weighted by atomic mass is 32.2. The summed E-state index contributed by atoms with van der Waals surface area (Å²) in [6, 6.07) is 14.9. The van der Waals surface area contributed by atoms with Crippen molar-refractivity contribution in [1.82, 2.24) is 5.32 Å². The summed E-state index contributed by atoms with van der Waals surface area (Å²) >= 11 is 0. The predicted octanol–water partition coefficient (Wildman–Crippen LogP) is 3.37. The van der Waals surface area contributed by atoms with Crippen LogP contribution in [0.15, 0.2) is 59.5 Å². The van der Waals surface area contributed by atoms with Crippen LogP contribution in [0.1, 0.15) is 43.1 Å². The number of rotatable bonds is 7. The van der Waals surface area contributed by atoms with Crippen LogP contribution in [0.5, 0.6) is 0 Å². The SMILES string of the molecule is CC(C)(C)c1ccc(C(=O)N[C@@H](CC[S@@](=O)c2ccccc2)C(=O)O)cc1. The van der Waals surface area contributed by atoms with E-state index in [9.17, 15) is 18.9 Å². The maximum atomic E-state index is 12.4. The topological polar surface area (TPSA) is 83.5 Å². The van der Waals surface area contributed by atoms with Crippen molar-refractivity contribution in [2.75, 3.05) is 5.75 Å². The number of carboxylic acid groups (broad SMARTS) is 1. The third-order valence-electron chi connectivity index (χ3n) is 4.21. The molecule has 0 aliphatic carbocycles. The van der Waals surface area contributed by atoms with Gasteiger partial charge in [-0.25, -0.2) is 4.79 Å². The van der Waals surface area contributed by atoms with Crippen molar-refractivity contribution in [3.05, 3.63) is 65.7 Å².